The third-order valence-corrected chi connectivity index (χ3v) is 4.32. The summed E-state index contributed by atoms with van der Waals surface area (Å²) in [5, 5.41) is 3.50. The van der Waals surface area contributed by atoms with E-state index in [1.807, 2.05) is 39.0 Å². The minimum atomic E-state index is -0.162. The number of amides is 1. The van der Waals surface area contributed by atoms with Crippen molar-refractivity contribution < 1.29 is 14.3 Å². The minimum Gasteiger partial charge on any atom is -0.496 e. The van der Waals surface area contributed by atoms with Crippen molar-refractivity contribution in [3.63, 3.8) is 0 Å². The highest BCUT2D eigenvalue weighted by Gasteiger charge is 2.16. The van der Waals surface area contributed by atoms with Crippen LogP contribution in [0.4, 0.5) is 0 Å². The molecule has 0 unspecified atom stereocenters. The van der Waals surface area contributed by atoms with Gasteiger partial charge in [0, 0.05) is 5.56 Å². The second-order valence-electron chi connectivity index (χ2n) is 5.74. The molecule has 0 aromatic heterocycles. The topological polar surface area (TPSA) is 47.6 Å². The van der Waals surface area contributed by atoms with Gasteiger partial charge in [-0.1, -0.05) is 30.7 Å². The van der Waals surface area contributed by atoms with Crippen LogP contribution in [0.2, 0.25) is 5.02 Å². The summed E-state index contributed by atoms with van der Waals surface area (Å²) in [6.07, 6.45) is 0.780. The maximum Gasteiger partial charge on any atom is 0.251 e. The van der Waals surface area contributed by atoms with Crippen LogP contribution in [0, 0.1) is 6.92 Å². The van der Waals surface area contributed by atoms with E-state index in [1.165, 1.54) is 0 Å². The number of benzene rings is 2. The second kappa shape index (κ2) is 8.77. The molecule has 134 valence electrons. The third-order valence-electron chi connectivity index (χ3n) is 4.03. The molecule has 2 aromatic carbocycles. The molecule has 0 radical (unpaired) electrons. The van der Waals surface area contributed by atoms with E-state index in [9.17, 15) is 4.79 Å². The van der Waals surface area contributed by atoms with Gasteiger partial charge in [-0.25, -0.2) is 0 Å². The van der Waals surface area contributed by atoms with Crippen molar-refractivity contribution in [3.8, 4) is 11.5 Å². The van der Waals surface area contributed by atoms with Gasteiger partial charge in [-0.3, -0.25) is 4.79 Å². The Morgan fingerprint density at radius 2 is 1.88 bits per heavy atom. The number of hydrogen-bond acceptors (Lipinski definition) is 3. The monoisotopic (exact) mass is 361 g/mol. The van der Waals surface area contributed by atoms with Crippen molar-refractivity contribution in [2.75, 3.05) is 13.7 Å². The minimum absolute atomic E-state index is 0.0811. The normalized spacial score (nSPS) is 11.7. The molecule has 2 aromatic rings. The summed E-state index contributed by atoms with van der Waals surface area (Å²) >= 11 is 6.17. The summed E-state index contributed by atoms with van der Waals surface area (Å²) in [5.74, 6) is 1.26. The van der Waals surface area contributed by atoms with E-state index in [-0.39, 0.29) is 11.9 Å². The number of nitrogens with one attached hydrogen (secondary N) is 1. The van der Waals surface area contributed by atoms with Gasteiger partial charge in [-0.05, 0) is 55.7 Å². The fourth-order valence-corrected chi connectivity index (χ4v) is 2.93. The quantitative estimate of drug-likeness (QED) is 0.760. The predicted molar refractivity (Wildman–Crippen MR) is 101 cm³/mol. The Hall–Kier alpha value is -2.20. The summed E-state index contributed by atoms with van der Waals surface area (Å²) in [5.41, 5.74) is 2.60. The van der Waals surface area contributed by atoms with Gasteiger partial charge in [0.05, 0.1) is 24.8 Å². The number of halogens is 1. The Bertz CT molecular complexity index is 746. The smallest absolute Gasteiger partial charge is 0.251 e. The number of aryl methyl sites for hydroxylation is 1. The SMILES string of the molecule is CCOc1ccc(C(=O)N[C@@H](CC)c2ccc(OC)c(C)c2)cc1Cl. The molecule has 1 amide bonds. The van der Waals surface area contributed by atoms with Crippen LogP contribution in [0.25, 0.3) is 0 Å². The largest absolute Gasteiger partial charge is 0.496 e. The lowest BCUT2D eigenvalue weighted by molar-refractivity contribution is 0.0935. The predicted octanol–water partition coefficient (Wildman–Crippen LogP) is 4.94. The first-order valence-corrected chi connectivity index (χ1v) is 8.75. The Morgan fingerprint density at radius 1 is 1.16 bits per heavy atom. The first-order valence-electron chi connectivity index (χ1n) is 8.37. The average Bonchev–Trinajstić information content (AvgIpc) is 2.61. The van der Waals surface area contributed by atoms with Crippen LogP contribution < -0.4 is 14.8 Å². The van der Waals surface area contributed by atoms with Gasteiger partial charge in [0.1, 0.15) is 11.5 Å². The summed E-state index contributed by atoms with van der Waals surface area (Å²) in [4.78, 5) is 12.6. The van der Waals surface area contributed by atoms with E-state index in [4.69, 9.17) is 21.1 Å². The molecule has 2 rings (SSSR count). The molecule has 0 saturated carbocycles. The first kappa shape index (κ1) is 19.1. The lowest BCUT2D eigenvalue weighted by Gasteiger charge is -2.19. The van der Waals surface area contributed by atoms with Crippen LogP contribution in [0.3, 0.4) is 0 Å². The molecule has 1 N–H and O–H groups in total. The van der Waals surface area contributed by atoms with Crippen molar-refractivity contribution in [1.29, 1.82) is 0 Å². The molecule has 4 nitrogen and oxygen atoms in total. The van der Waals surface area contributed by atoms with Gasteiger partial charge >= 0.3 is 0 Å². The number of rotatable bonds is 7. The molecular formula is C20H24ClNO3. The number of carbonyl (C=O) groups is 1. The molecule has 25 heavy (non-hydrogen) atoms. The van der Waals surface area contributed by atoms with Gasteiger partial charge in [0.2, 0.25) is 0 Å². The zero-order chi connectivity index (χ0) is 18.4. The lowest BCUT2D eigenvalue weighted by Crippen LogP contribution is -2.28. The van der Waals surface area contributed by atoms with Gasteiger partial charge in [0.15, 0.2) is 0 Å². The Kier molecular flexibility index (Phi) is 6.71. The zero-order valence-electron chi connectivity index (χ0n) is 15.1. The van der Waals surface area contributed by atoms with Crippen molar-refractivity contribution in [1.82, 2.24) is 5.32 Å². The molecule has 0 bridgehead atoms. The number of methoxy groups -OCH3 is 1. The van der Waals surface area contributed by atoms with E-state index in [0.717, 1.165) is 23.3 Å². The van der Waals surface area contributed by atoms with E-state index in [0.29, 0.717) is 22.9 Å². The highest BCUT2D eigenvalue weighted by atomic mass is 35.5. The summed E-state index contributed by atoms with van der Waals surface area (Å²) in [6.45, 7) is 6.44. The maximum absolute atomic E-state index is 12.6. The van der Waals surface area contributed by atoms with Crippen molar-refractivity contribution in [2.24, 2.45) is 0 Å². The average molecular weight is 362 g/mol. The number of hydrogen-bond donors (Lipinski definition) is 1. The molecule has 0 aliphatic carbocycles. The third kappa shape index (κ3) is 4.67. The second-order valence-corrected chi connectivity index (χ2v) is 6.15. The molecule has 0 saturated heterocycles. The van der Waals surface area contributed by atoms with Crippen molar-refractivity contribution >= 4 is 17.5 Å². The summed E-state index contributed by atoms with van der Waals surface area (Å²) < 4.78 is 10.7. The van der Waals surface area contributed by atoms with Crippen LogP contribution in [0.5, 0.6) is 11.5 Å². The fourth-order valence-electron chi connectivity index (χ4n) is 2.70. The lowest BCUT2D eigenvalue weighted by atomic mass is 10.0. The summed E-state index contributed by atoms with van der Waals surface area (Å²) in [6, 6.07) is 10.9. The van der Waals surface area contributed by atoms with Gasteiger partial charge in [-0.2, -0.15) is 0 Å². The molecule has 5 heteroatoms. The standard InChI is InChI=1S/C20H24ClNO3/c1-5-17(14-7-9-18(24-4)13(3)11-14)22-20(23)15-8-10-19(25-6-2)16(21)12-15/h7-12,17H,5-6H2,1-4H3,(H,22,23)/t17-/m0/s1. The van der Waals surface area contributed by atoms with Crippen LogP contribution >= 0.6 is 11.6 Å². The van der Waals surface area contributed by atoms with Crippen LogP contribution in [0.1, 0.15) is 47.8 Å². The van der Waals surface area contributed by atoms with E-state index in [2.05, 4.69) is 5.32 Å². The van der Waals surface area contributed by atoms with Crippen LogP contribution in [0.15, 0.2) is 36.4 Å². The zero-order valence-corrected chi connectivity index (χ0v) is 15.8. The van der Waals surface area contributed by atoms with Gasteiger partial charge < -0.3 is 14.8 Å². The van der Waals surface area contributed by atoms with Gasteiger partial charge in [0.25, 0.3) is 5.91 Å². The molecule has 0 spiro atoms. The molecule has 0 fully saturated rings. The van der Waals surface area contributed by atoms with E-state index >= 15 is 0 Å². The fraction of sp³-hybridized carbons (Fsp3) is 0.350. The van der Waals surface area contributed by atoms with Crippen LogP contribution in [-0.2, 0) is 0 Å². The van der Waals surface area contributed by atoms with E-state index in [1.54, 1.807) is 25.3 Å². The Balaban J connectivity index is 2.17. The highest BCUT2D eigenvalue weighted by Crippen LogP contribution is 2.27. The van der Waals surface area contributed by atoms with E-state index < -0.39 is 0 Å². The number of ether oxygens (including phenoxy) is 2. The molecule has 0 heterocycles. The number of carbonyl (C=O) groups excluding carboxylic acids is 1. The highest BCUT2D eigenvalue weighted by molar-refractivity contribution is 6.32. The van der Waals surface area contributed by atoms with Gasteiger partial charge in [-0.15, -0.1) is 0 Å². The molecule has 0 aliphatic heterocycles. The van der Waals surface area contributed by atoms with Crippen molar-refractivity contribution in [3.05, 3.63) is 58.1 Å². The molecule has 0 aliphatic rings. The summed E-state index contributed by atoms with van der Waals surface area (Å²) in [7, 11) is 1.65. The Labute approximate surface area is 154 Å². The van der Waals surface area contributed by atoms with Crippen molar-refractivity contribution in [2.45, 2.75) is 33.2 Å². The first-order chi connectivity index (χ1) is 12.0. The maximum atomic E-state index is 12.6. The Morgan fingerprint density at radius 3 is 2.44 bits per heavy atom. The molecule has 1 atom stereocenters. The molecular weight excluding hydrogens is 338 g/mol. The van der Waals surface area contributed by atoms with Crippen LogP contribution in [-0.4, -0.2) is 19.6 Å².